The van der Waals surface area contributed by atoms with Crippen LogP contribution in [0.15, 0.2) is 40.1 Å². The monoisotopic (exact) mass is 553 g/mol. The van der Waals surface area contributed by atoms with E-state index in [0.717, 1.165) is 31.9 Å². The van der Waals surface area contributed by atoms with Gasteiger partial charge >= 0.3 is 6.03 Å². The van der Waals surface area contributed by atoms with Crippen molar-refractivity contribution in [3.05, 3.63) is 42.1 Å². The number of amides is 2. The lowest BCUT2D eigenvalue weighted by Crippen LogP contribution is -2.23. The van der Waals surface area contributed by atoms with Crippen LogP contribution in [0.1, 0.15) is 41.9 Å². The lowest BCUT2D eigenvalue weighted by atomic mass is 9.99. The Bertz CT molecular complexity index is 1480. The molecule has 1 saturated carbocycles. The maximum Gasteiger partial charge on any atom is 0.325 e. The van der Waals surface area contributed by atoms with E-state index in [-0.39, 0.29) is 43.3 Å². The van der Waals surface area contributed by atoms with Crippen LogP contribution in [0, 0.1) is 5.92 Å². The third-order valence-electron chi connectivity index (χ3n) is 5.37. The van der Waals surface area contributed by atoms with Gasteiger partial charge in [-0.15, -0.1) is 0 Å². The summed E-state index contributed by atoms with van der Waals surface area (Å²) in [6.45, 7) is -0.420. The topological polar surface area (TPSA) is 193 Å². The number of nitrogens with one attached hydrogen (secondary N) is 4. The molecule has 4 N–H and O–H groups in total. The van der Waals surface area contributed by atoms with Crippen molar-refractivity contribution in [2.24, 2.45) is 5.92 Å². The lowest BCUT2D eigenvalue weighted by Gasteiger charge is -2.12. The Balaban J connectivity index is 1.57. The number of H-pyrrole nitrogens is 1. The number of Topliss-reactive ketones (excluding diaryl/α,β-unsaturated/α-hetero) is 1. The second kappa shape index (κ2) is 10.4. The van der Waals surface area contributed by atoms with Gasteiger partial charge in [-0.05, 0) is 25.0 Å². The summed E-state index contributed by atoms with van der Waals surface area (Å²) in [5, 5.41) is 4.56. The van der Waals surface area contributed by atoms with Crippen LogP contribution in [0.3, 0.4) is 0 Å². The van der Waals surface area contributed by atoms with Crippen LogP contribution in [0.2, 0.25) is 0 Å². The van der Waals surface area contributed by atoms with E-state index in [2.05, 4.69) is 35.3 Å². The van der Waals surface area contributed by atoms with E-state index >= 15 is 0 Å². The molecule has 13 nitrogen and oxygen atoms in total. The van der Waals surface area contributed by atoms with Gasteiger partial charge in [-0.3, -0.25) is 15.1 Å². The molecule has 0 saturated heterocycles. The molecule has 0 spiro atoms. The first-order chi connectivity index (χ1) is 17.0. The average molecular weight is 554 g/mol. The zero-order valence-electron chi connectivity index (χ0n) is 19.0. The fourth-order valence-corrected chi connectivity index (χ4v) is 6.78. The standard InChI is InChI=1S/C20H23N7O6S3/c1-35(30,31)24-11-14-17(36(32,33)20-22-9-10-23-20)34-19(26-14)27-18(29)25-13-7-4-8-21-15(13)16(28)12-5-2-3-6-12/h4,7-10,12,24H,2-3,5-6,11H2,1H3,(H,22,23)(H2,25,26,27,29). The molecule has 1 aliphatic rings. The molecule has 4 rings (SSSR count). The third kappa shape index (κ3) is 5.95. The zero-order valence-corrected chi connectivity index (χ0v) is 21.5. The number of imidazole rings is 1. The number of anilines is 2. The van der Waals surface area contributed by atoms with Gasteiger partial charge in [0.25, 0.3) is 9.84 Å². The summed E-state index contributed by atoms with van der Waals surface area (Å²) in [6, 6.07) is 2.35. The summed E-state index contributed by atoms with van der Waals surface area (Å²) in [5.74, 6) is -0.277. The Labute approximate surface area is 211 Å². The fourth-order valence-electron chi connectivity index (χ4n) is 3.73. The number of carbonyl (C=O) groups is 2. The Kier molecular flexibility index (Phi) is 7.49. The molecule has 3 aromatic rings. The molecule has 0 unspecified atom stereocenters. The molecule has 16 heteroatoms. The van der Waals surface area contributed by atoms with E-state index in [4.69, 9.17) is 0 Å². The Morgan fingerprint density at radius 2 is 1.86 bits per heavy atom. The SMILES string of the molecule is CS(=O)(=O)NCc1nc(NC(=O)Nc2cccnc2C(=O)C2CCCC2)sc1S(=O)(=O)c1ncc[nH]1. The Morgan fingerprint density at radius 3 is 2.53 bits per heavy atom. The highest BCUT2D eigenvalue weighted by Gasteiger charge is 2.30. The number of urea groups is 1. The maximum absolute atomic E-state index is 13.0. The van der Waals surface area contributed by atoms with Crippen LogP contribution in [0.25, 0.3) is 0 Å². The Hall–Kier alpha value is -3.21. The number of aromatic amines is 1. The molecule has 1 fully saturated rings. The minimum absolute atomic E-state index is 0.101. The molecule has 0 aromatic carbocycles. The molecule has 0 bridgehead atoms. The van der Waals surface area contributed by atoms with Gasteiger partial charge in [0.05, 0.1) is 24.2 Å². The van der Waals surface area contributed by atoms with Gasteiger partial charge in [0.1, 0.15) is 5.69 Å². The second-order valence-corrected chi connectivity index (χ2v) is 13.0. The number of pyridine rings is 1. The Morgan fingerprint density at radius 1 is 1.11 bits per heavy atom. The summed E-state index contributed by atoms with van der Waals surface area (Å²) in [5.41, 5.74) is 0.249. The van der Waals surface area contributed by atoms with E-state index in [1.54, 1.807) is 12.1 Å². The van der Waals surface area contributed by atoms with Gasteiger partial charge in [0.2, 0.25) is 15.2 Å². The predicted octanol–water partition coefficient (Wildman–Crippen LogP) is 2.16. The fraction of sp³-hybridized carbons (Fsp3) is 0.350. The van der Waals surface area contributed by atoms with Crippen molar-refractivity contribution in [1.29, 1.82) is 0 Å². The molecule has 3 heterocycles. The van der Waals surface area contributed by atoms with Gasteiger partial charge in [0, 0.05) is 24.5 Å². The highest BCUT2D eigenvalue weighted by atomic mass is 32.2. The largest absolute Gasteiger partial charge is 0.335 e. The van der Waals surface area contributed by atoms with Crippen molar-refractivity contribution in [3.8, 4) is 0 Å². The first kappa shape index (κ1) is 25.9. The van der Waals surface area contributed by atoms with Crippen LogP contribution in [-0.2, 0) is 26.4 Å². The van der Waals surface area contributed by atoms with Gasteiger partial charge < -0.3 is 10.3 Å². The van der Waals surface area contributed by atoms with Gasteiger partial charge in [0.15, 0.2) is 15.1 Å². The van der Waals surface area contributed by atoms with E-state index < -0.39 is 32.4 Å². The molecule has 0 aliphatic heterocycles. The van der Waals surface area contributed by atoms with E-state index in [9.17, 15) is 26.4 Å². The highest BCUT2D eigenvalue weighted by Crippen LogP contribution is 2.32. The molecular weight excluding hydrogens is 530 g/mol. The molecule has 0 radical (unpaired) electrons. The number of nitrogens with zero attached hydrogens (tertiary/aromatic N) is 3. The van der Waals surface area contributed by atoms with Crippen molar-refractivity contribution < 1.29 is 26.4 Å². The number of hydrogen-bond donors (Lipinski definition) is 4. The predicted molar refractivity (Wildman–Crippen MR) is 131 cm³/mol. The minimum atomic E-state index is -4.17. The summed E-state index contributed by atoms with van der Waals surface area (Å²) in [7, 11) is -7.82. The quantitative estimate of drug-likeness (QED) is 0.287. The van der Waals surface area contributed by atoms with Gasteiger partial charge in [-0.1, -0.05) is 24.2 Å². The zero-order chi connectivity index (χ0) is 25.9. The van der Waals surface area contributed by atoms with E-state index in [0.29, 0.717) is 11.3 Å². The lowest BCUT2D eigenvalue weighted by molar-refractivity contribution is 0.0918. The molecular formula is C20H23N7O6S3. The van der Waals surface area contributed by atoms with E-state index in [1.165, 1.54) is 18.6 Å². The summed E-state index contributed by atoms with van der Waals surface area (Å²) >= 11 is 0.637. The summed E-state index contributed by atoms with van der Waals surface area (Å²) < 4.78 is 51.0. The number of thiazole rings is 1. The minimum Gasteiger partial charge on any atom is -0.335 e. The number of ketones is 1. The smallest absolute Gasteiger partial charge is 0.325 e. The van der Waals surface area contributed by atoms with Crippen LogP contribution in [0.4, 0.5) is 15.6 Å². The number of rotatable bonds is 9. The van der Waals surface area contributed by atoms with Crippen molar-refractivity contribution >= 4 is 53.8 Å². The van der Waals surface area contributed by atoms with Crippen molar-refractivity contribution in [2.45, 2.75) is 41.6 Å². The average Bonchev–Trinajstić information content (AvgIpc) is 3.59. The summed E-state index contributed by atoms with van der Waals surface area (Å²) in [6.07, 6.45) is 8.46. The highest BCUT2D eigenvalue weighted by molar-refractivity contribution is 7.93. The third-order valence-corrected chi connectivity index (χ3v) is 9.21. The normalized spacial score (nSPS) is 14.6. The van der Waals surface area contributed by atoms with Crippen LogP contribution < -0.4 is 15.4 Å². The van der Waals surface area contributed by atoms with Crippen molar-refractivity contribution in [1.82, 2.24) is 24.7 Å². The number of sulfonamides is 1. The number of carbonyl (C=O) groups excluding carboxylic acids is 2. The number of sulfone groups is 1. The number of hydrogen-bond acceptors (Lipinski definition) is 10. The first-order valence-corrected chi connectivity index (χ1v) is 15.0. The van der Waals surface area contributed by atoms with Crippen LogP contribution in [0.5, 0.6) is 0 Å². The first-order valence-electron chi connectivity index (χ1n) is 10.8. The second-order valence-electron chi connectivity index (χ2n) is 8.07. The van der Waals surface area contributed by atoms with Crippen molar-refractivity contribution in [2.75, 3.05) is 16.9 Å². The molecule has 36 heavy (non-hydrogen) atoms. The molecule has 1 aliphatic carbocycles. The molecule has 3 aromatic heterocycles. The maximum atomic E-state index is 13.0. The van der Waals surface area contributed by atoms with Gasteiger partial charge in [-0.2, -0.15) is 0 Å². The molecule has 2 amide bonds. The van der Waals surface area contributed by atoms with E-state index in [1.807, 2.05) is 0 Å². The van der Waals surface area contributed by atoms with Crippen LogP contribution >= 0.6 is 11.3 Å². The molecule has 0 atom stereocenters. The molecule has 192 valence electrons. The number of aromatic nitrogens is 4. The van der Waals surface area contributed by atoms with Gasteiger partial charge in [-0.25, -0.2) is 36.3 Å². The van der Waals surface area contributed by atoms with Crippen molar-refractivity contribution in [3.63, 3.8) is 0 Å². The summed E-state index contributed by atoms with van der Waals surface area (Å²) in [4.78, 5) is 40.1. The van der Waals surface area contributed by atoms with Crippen LogP contribution in [-0.4, -0.2) is 54.8 Å².